The SMILES string of the molecule is CCCCCCCCC(=CC(=O)O)C(=O)O. The van der Waals surface area contributed by atoms with Crippen LogP contribution in [0.5, 0.6) is 0 Å². The van der Waals surface area contributed by atoms with Crippen molar-refractivity contribution in [2.45, 2.75) is 51.9 Å². The Labute approximate surface area is 96.0 Å². The highest BCUT2D eigenvalue weighted by Crippen LogP contribution is 2.12. The van der Waals surface area contributed by atoms with Gasteiger partial charge >= 0.3 is 11.9 Å². The molecule has 0 rings (SSSR count). The maximum Gasteiger partial charge on any atom is 0.331 e. The van der Waals surface area contributed by atoms with Gasteiger partial charge < -0.3 is 10.2 Å². The highest BCUT2D eigenvalue weighted by atomic mass is 16.4. The van der Waals surface area contributed by atoms with Crippen LogP contribution in [0.1, 0.15) is 51.9 Å². The van der Waals surface area contributed by atoms with Crippen LogP contribution in [0.3, 0.4) is 0 Å². The van der Waals surface area contributed by atoms with Crippen molar-refractivity contribution in [2.24, 2.45) is 0 Å². The Morgan fingerprint density at radius 3 is 2.06 bits per heavy atom. The molecule has 0 radical (unpaired) electrons. The fourth-order valence-corrected chi connectivity index (χ4v) is 1.49. The van der Waals surface area contributed by atoms with Crippen molar-refractivity contribution < 1.29 is 19.8 Å². The van der Waals surface area contributed by atoms with Gasteiger partial charge in [0.05, 0.1) is 0 Å². The van der Waals surface area contributed by atoms with E-state index < -0.39 is 11.9 Å². The van der Waals surface area contributed by atoms with Gasteiger partial charge in [0, 0.05) is 11.6 Å². The van der Waals surface area contributed by atoms with Crippen molar-refractivity contribution in [1.29, 1.82) is 0 Å². The van der Waals surface area contributed by atoms with E-state index in [-0.39, 0.29) is 5.57 Å². The molecular formula is C12H20O4. The molecule has 0 aliphatic rings. The lowest BCUT2D eigenvalue weighted by Gasteiger charge is -2.01. The van der Waals surface area contributed by atoms with Gasteiger partial charge in [-0.3, -0.25) is 0 Å². The van der Waals surface area contributed by atoms with E-state index in [1.54, 1.807) is 0 Å². The van der Waals surface area contributed by atoms with Crippen LogP contribution in [-0.4, -0.2) is 22.2 Å². The Kier molecular flexibility index (Phi) is 8.21. The summed E-state index contributed by atoms with van der Waals surface area (Å²) in [5.74, 6) is -2.32. The minimum atomic E-state index is -1.19. The molecule has 0 saturated carbocycles. The first-order chi connectivity index (χ1) is 7.57. The molecule has 0 unspecified atom stereocenters. The van der Waals surface area contributed by atoms with Crippen LogP contribution in [0.4, 0.5) is 0 Å². The highest BCUT2D eigenvalue weighted by Gasteiger charge is 2.08. The van der Waals surface area contributed by atoms with Crippen LogP contribution in [0.25, 0.3) is 0 Å². The predicted molar refractivity (Wildman–Crippen MR) is 61.3 cm³/mol. The van der Waals surface area contributed by atoms with Crippen molar-refractivity contribution in [3.05, 3.63) is 11.6 Å². The van der Waals surface area contributed by atoms with Crippen molar-refractivity contribution in [2.75, 3.05) is 0 Å². The second-order valence-corrected chi connectivity index (χ2v) is 3.83. The lowest BCUT2D eigenvalue weighted by molar-refractivity contribution is -0.135. The lowest BCUT2D eigenvalue weighted by atomic mass is 10.0. The summed E-state index contributed by atoms with van der Waals surface area (Å²) in [6.45, 7) is 2.14. The Bertz CT molecular complexity index is 256. The third-order valence-electron chi connectivity index (χ3n) is 2.37. The summed E-state index contributed by atoms with van der Waals surface area (Å²) in [6, 6.07) is 0. The number of carboxylic acid groups (broad SMARTS) is 2. The number of rotatable bonds is 9. The molecule has 4 nitrogen and oxygen atoms in total. The fourth-order valence-electron chi connectivity index (χ4n) is 1.49. The lowest BCUT2D eigenvalue weighted by Crippen LogP contribution is -2.04. The van der Waals surface area contributed by atoms with Crippen LogP contribution in [-0.2, 0) is 9.59 Å². The maximum atomic E-state index is 10.7. The summed E-state index contributed by atoms with van der Waals surface area (Å²) < 4.78 is 0. The zero-order valence-corrected chi connectivity index (χ0v) is 9.74. The minimum Gasteiger partial charge on any atom is -0.478 e. The molecule has 0 fully saturated rings. The van der Waals surface area contributed by atoms with E-state index in [9.17, 15) is 9.59 Å². The summed E-state index contributed by atoms with van der Waals surface area (Å²) in [6.07, 6.45) is 7.48. The first kappa shape index (κ1) is 14.7. The van der Waals surface area contributed by atoms with E-state index in [1.165, 1.54) is 19.3 Å². The molecule has 0 aromatic carbocycles. The molecule has 0 aliphatic carbocycles. The van der Waals surface area contributed by atoms with E-state index in [1.807, 2.05) is 0 Å². The standard InChI is InChI=1S/C12H20O4/c1-2-3-4-5-6-7-8-10(12(15)16)9-11(13)14/h9H,2-8H2,1H3,(H,13,14)(H,15,16). The molecule has 2 N–H and O–H groups in total. The second-order valence-electron chi connectivity index (χ2n) is 3.83. The first-order valence-corrected chi connectivity index (χ1v) is 5.74. The average Bonchev–Trinajstić information content (AvgIpc) is 2.20. The molecule has 0 bridgehead atoms. The van der Waals surface area contributed by atoms with Crippen molar-refractivity contribution >= 4 is 11.9 Å². The summed E-state index contributed by atoms with van der Waals surface area (Å²) in [4.78, 5) is 21.0. The van der Waals surface area contributed by atoms with Crippen LogP contribution in [0, 0.1) is 0 Å². The molecule has 0 heterocycles. The molecule has 92 valence electrons. The zero-order chi connectivity index (χ0) is 12.4. The molecule has 0 aromatic rings. The molecular weight excluding hydrogens is 208 g/mol. The summed E-state index contributed by atoms with van der Waals surface area (Å²) in [5, 5.41) is 17.2. The van der Waals surface area contributed by atoms with Crippen LogP contribution < -0.4 is 0 Å². The number of hydrogen-bond acceptors (Lipinski definition) is 2. The normalized spacial score (nSPS) is 11.4. The first-order valence-electron chi connectivity index (χ1n) is 5.74. The summed E-state index contributed by atoms with van der Waals surface area (Å²) >= 11 is 0. The smallest absolute Gasteiger partial charge is 0.331 e. The highest BCUT2D eigenvalue weighted by molar-refractivity contribution is 5.94. The van der Waals surface area contributed by atoms with Gasteiger partial charge in [0.2, 0.25) is 0 Å². The Morgan fingerprint density at radius 2 is 1.56 bits per heavy atom. The van der Waals surface area contributed by atoms with E-state index in [0.29, 0.717) is 6.42 Å². The maximum absolute atomic E-state index is 10.7. The van der Waals surface area contributed by atoms with E-state index in [0.717, 1.165) is 25.3 Å². The molecule has 0 atom stereocenters. The number of unbranched alkanes of at least 4 members (excludes halogenated alkanes) is 5. The molecule has 0 saturated heterocycles. The van der Waals surface area contributed by atoms with Crippen molar-refractivity contribution in [1.82, 2.24) is 0 Å². The van der Waals surface area contributed by atoms with Gasteiger partial charge in [-0.05, 0) is 12.8 Å². The Hall–Kier alpha value is -1.32. The third kappa shape index (κ3) is 8.03. The van der Waals surface area contributed by atoms with Gasteiger partial charge in [-0.15, -0.1) is 0 Å². The van der Waals surface area contributed by atoms with Gasteiger partial charge in [0.1, 0.15) is 0 Å². The number of carboxylic acids is 2. The fraction of sp³-hybridized carbons (Fsp3) is 0.667. The van der Waals surface area contributed by atoms with Gasteiger partial charge in [-0.25, -0.2) is 9.59 Å². The number of carbonyl (C=O) groups is 2. The van der Waals surface area contributed by atoms with E-state index in [2.05, 4.69) is 6.92 Å². The monoisotopic (exact) mass is 228 g/mol. The van der Waals surface area contributed by atoms with E-state index >= 15 is 0 Å². The van der Waals surface area contributed by atoms with Crippen molar-refractivity contribution in [3.63, 3.8) is 0 Å². The molecule has 0 aromatic heterocycles. The second kappa shape index (κ2) is 8.95. The molecule has 16 heavy (non-hydrogen) atoms. The number of hydrogen-bond donors (Lipinski definition) is 2. The van der Waals surface area contributed by atoms with Crippen LogP contribution >= 0.6 is 0 Å². The van der Waals surface area contributed by atoms with Crippen LogP contribution in [0.2, 0.25) is 0 Å². The predicted octanol–water partition coefficient (Wildman–Crippen LogP) is 2.83. The van der Waals surface area contributed by atoms with Gasteiger partial charge in [-0.2, -0.15) is 0 Å². The summed E-state index contributed by atoms with van der Waals surface area (Å²) in [5.41, 5.74) is -0.0111. The molecule has 0 spiro atoms. The largest absolute Gasteiger partial charge is 0.478 e. The van der Waals surface area contributed by atoms with E-state index in [4.69, 9.17) is 10.2 Å². The summed E-state index contributed by atoms with van der Waals surface area (Å²) in [7, 11) is 0. The van der Waals surface area contributed by atoms with Gasteiger partial charge in [0.25, 0.3) is 0 Å². The minimum absolute atomic E-state index is 0.0111. The zero-order valence-electron chi connectivity index (χ0n) is 9.74. The van der Waals surface area contributed by atoms with Gasteiger partial charge in [0.15, 0.2) is 0 Å². The quantitative estimate of drug-likeness (QED) is 0.470. The molecule has 4 heteroatoms. The number of aliphatic carboxylic acids is 2. The van der Waals surface area contributed by atoms with Crippen LogP contribution in [0.15, 0.2) is 11.6 Å². The Morgan fingerprint density at radius 1 is 1.00 bits per heavy atom. The van der Waals surface area contributed by atoms with Gasteiger partial charge in [-0.1, -0.05) is 39.0 Å². The molecule has 0 amide bonds. The molecule has 0 aliphatic heterocycles. The average molecular weight is 228 g/mol. The Balaban J connectivity index is 3.78. The van der Waals surface area contributed by atoms with Crippen molar-refractivity contribution in [3.8, 4) is 0 Å². The topological polar surface area (TPSA) is 74.6 Å². The third-order valence-corrected chi connectivity index (χ3v) is 2.37.